The van der Waals surface area contributed by atoms with Crippen LogP contribution in [0.4, 0.5) is 0 Å². The Hall–Kier alpha value is -1.02. The standard InChI is InChI=1S/C11H14NO/c1-9-3-5-10(6-4-9)13-11(2)7-12-8-11/h3-6H,7-8H2,1-2H3. The smallest absolute Gasteiger partial charge is 0.134 e. The summed E-state index contributed by atoms with van der Waals surface area (Å²) in [5.41, 5.74) is 1.21. The minimum atomic E-state index is -0.0464. The molecule has 0 aromatic heterocycles. The van der Waals surface area contributed by atoms with Gasteiger partial charge in [0.25, 0.3) is 0 Å². The van der Waals surface area contributed by atoms with Crippen LogP contribution in [0.3, 0.4) is 0 Å². The highest BCUT2D eigenvalue weighted by atomic mass is 16.5. The van der Waals surface area contributed by atoms with Gasteiger partial charge in [-0.15, -0.1) is 0 Å². The maximum atomic E-state index is 5.80. The van der Waals surface area contributed by atoms with E-state index in [9.17, 15) is 0 Å². The van der Waals surface area contributed by atoms with Crippen LogP contribution in [-0.2, 0) is 0 Å². The molecule has 13 heavy (non-hydrogen) atoms. The molecule has 2 rings (SSSR count). The van der Waals surface area contributed by atoms with E-state index >= 15 is 0 Å². The molecular weight excluding hydrogens is 162 g/mol. The predicted octanol–water partition coefficient (Wildman–Crippen LogP) is 1.75. The highest BCUT2D eigenvalue weighted by molar-refractivity contribution is 5.27. The van der Waals surface area contributed by atoms with Gasteiger partial charge in [0.05, 0.1) is 13.1 Å². The van der Waals surface area contributed by atoms with Crippen LogP contribution in [0.15, 0.2) is 24.3 Å². The van der Waals surface area contributed by atoms with Crippen molar-refractivity contribution in [3.63, 3.8) is 0 Å². The number of aryl methyl sites for hydroxylation is 1. The zero-order chi connectivity index (χ0) is 9.31. The molecular formula is C11H14NO. The normalized spacial score (nSPS) is 19.2. The van der Waals surface area contributed by atoms with Gasteiger partial charge in [0.2, 0.25) is 0 Å². The molecule has 0 aliphatic carbocycles. The first-order valence-corrected chi connectivity index (χ1v) is 4.57. The van der Waals surface area contributed by atoms with E-state index in [4.69, 9.17) is 4.74 Å². The minimum absolute atomic E-state index is 0.0464. The lowest BCUT2D eigenvalue weighted by Gasteiger charge is -2.37. The summed E-state index contributed by atoms with van der Waals surface area (Å²) >= 11 is 0. The lowest BCUT2D eigenvalue weighted by molar-refractivity contribution is 0.0318. The van der Waals surface area contributed by atoms with Gasteiger partial charge in [-0.3, -0.25) is 0 Å². The van der Waals surface area contributed by atoms with Gasteiger partial charge in [0.15, 0.2) is 0 Å². The lowest BCUT2D eigenvalue weighted by Crippen LogP contribution is -2.57. The third-order valence-electron chi connectivity index (χ3n) is 2.28. The van der Waals surface area contributed by atoms with Gasteiger partial charge >= 0.3 is 0 Å². The van der Waals surface area contributed by atoms with Crippen LogP contribution in [0.25, 0.3) is 0 Å². The maximum absolute atomic E-state index is 5.80. The second-order valence-corrected chi connectivity index (χ2v) is 3.90. The van der Waals surface area contributed by atoms with Crippen LogP contribution in [0, 0.1) is 6.92 Å². The fraction of sp³-hybridized carbons (Fsp3) is 0.455. The molecule has 1 fully saturated rings. The molecule has 2 nitrogen and oxygen atoms in total. The van der Waals surface area contributed by atoms with Crippen LogP contribution < -0.4 is 10.1 Å². The third kappa shape index (κ3) is 1.83. The van der Waals surface area contributed by atoms with Gasteiger partial charge in [-0.25, -0.2) is 5.32 Å². The van der Waals surface area contributed by atoms with E-state index in [1.807, 2.05) is 12.1 Å². The summed E-state index contributed by atoms with van der Waals surface area (Å²) < 4.78 is 5.80. The maximum Gasteiger partial charge on any atom is 0.134 e. The van der Waals surface area contributed by atoms with Crippen molar-refractivity contribution < 1.29 is 4.74 Å². The van der Waals surface area contributed by atoms with Gasteiger partial charge in [0.1, 0.15) is 11.4 Å². The van der Waals surface area contributed by atoms with E-state index in [-0.39, 0.29) is 5.60 Å². The molecule has 69 valence electrons. The van der Waals surface area contributed by atoms with E-state index in [0.717, 1.165) is 18.8 Å². The Bertz CT molecular complexity index is 287. The molecule has 1 aromatic carbocycles. The Morgan fingerprint density at radius 2 is 1.85 bits per heavy atom. The molecule has 1 aliphatic heterocycles. The largest absolute Gasteiger partial charge is 0.485 e. The van der Waals surface area contributed by atoms with Gasteiger partial charge in [-0.1, -0.05) is 17.7 Å². The number of benzene rings is 1. The van der Waals surface area contributed by atoms with Crippen molar-refractivity contribution in [2.24, 2.45) is 0 Å². The molecule has 1 aliphatic rings. The fourth-order valence-corrected chi connectivity index (χ4v) is 1.38. The summed E-state index contributed by atoms with van der Waals surface area (Å²) in [5.74, 6) is 0.947. The number of ether oxygens (including phenoxy) is 1. The van der Waals surface area contributed by atoms with Gasteiger partial charge in [-0.05, 0) is 26.0 Å². The van der Waals surface area contributed by atoms with Crippen LogP contribution in [0.5, 0.6) is 5.75 Å². The first-order chi connectivity index (χ1) is 6.18. The molecule has 0 spiro atoms. The first kappa shape index (κ1) is 8.57. The fourth-order valence-electron chi connectivity index (χ4n) is 1.38. The lowest BCUT2D eigenvalue weighted by atomic mass is 10.00. The highest BCUT2D eigenvalue weighted by Gasteiger charge is 2.35. The molecule has 0 atom stereocenters. The van der Waals surface area contributed by atoms with Crippen LogP contribution in [0.1, 0.15) is 12.5 Å². The Balaban J connectivity index is 2.05. The van der Waals surface area contributed by atoms with Crippen molar-refractivity contribution in [3.05, 3.63) is 29.8 Å². The quantitative estimate of drug-likeness (QED) is 0.673. The summed E-state index contributed by atoms with van der Waals surface area (Å²) in [6.45, 7) is 5.81. The number of hydrogen-bond acceptors (Lipinski definition) is 1. The van der Waals surface area contributed by atoms with E-state index in [0.29, 0.717) is 0 Å². The van der Waals surface area contributed by atoms with Crippen molar-refractivity contribution in [2.75, 3.05) is 13.1 Å². The molecule has 0 N–H and O–H groups in total. The molecule has 1 heterocycles. The topological polar surface area (TPSA) is 23.3 Å². The van der Waals surface area contributed by atoms with Crippen molar-refractivity contribution in [2.45, 2.75) is 19.4 Å². The predicted molar refractivity (Wildman–Crippen MR) is 52.1 cm³/mol. The molecule has 1 radical (unpaired) electrons. The zero-order valence-electron chi connectivity index (χ0n) is 8.08. The molecule has 1 aromatic rings. The monoisotopic (exact) mass is 176 g/mol. The Labute approximate surface area is 78.9 Å². The van der Waals surface area contributed by atoms with Gasteiger partial charge in [0, 0.05) is 0 Å². The van der Waals surface area contributed by atoms with E-state index in [2.05, 4.69) is 31.3 Å². The number of nitrogens with zero attached hydrogens (tertiary/aromatic N) is 1. The number of rotatable bonds is 2. The second-order valence-electron chi connectivity index (χ2n) is 3.90. The molecule has 1 saturated heterocycles. The Morgan fingerprint density at radius 3 is 2.31 bits per heavy atom. The average Bonchev–Trinajstić information content (AvgIpc) is 2.06. The van der Waals surface area contributed by atoms with Crippen LogP contribution in [0.2, 0.25) is 0 Å². The summed E-state index contributed by atoms with van der Waals surface area (Å²) in [6.07, 6.45) is 0. The molecule has 2 heteroatoms. The SMILES string of the molecule is Cc1ccc(OC2(C)C[N]C2)cc1. The van der Waals surface area contributed by atoms with Crippen molar-refractivity contribution in [3.8, 4) is 5.75 Å². The summed E-state index contributed by atoms with van der Waals surface area (Å²) in [6, 6.07) is 8.15. The van der Waals surface area contributed by atoms with Crippen molar-refractivity contribution in [1.82, 2.24) is 5.32 Å². The minimum Gasteiger partial charge on any atom is -0.485 e. The molecule has 0 unspecified atom stereocenters. The van der Waals surface area contributed by atoms with Gasteiger partial charge < -0.3 is 4.74 Å². The molecule has 0 saturated carbocycles. The van der Waals surface area contributed by atoms with E-state index in [1.165, 1.54) is 5.56 Å². The number of hydrogen-bond donors (Lipinski definition) is 0. The van der Waals surface area contributed by atoms with Crippen molar-refractivity contribution >= 4 is 0 Å². The Morgan fingerprint density at radius 1 is 1.23 bits per heavy atom. The van der Waals surface area contributed by atoms with Crippen molar-refractivity contribution in [1.29, 1.82) is 0 Å². The van der Waals surface area contributed by atoms with E-state index < -0.39 is 0 Å². The summed E-state index contributed by atoms with van der Waals surface area (Å²) in [7, 11) is 0. The molecule has 0 bridgehead atoms. The highest BCUT2D eigenvalue weighted by Crippen LogP contribution is 2.22. The average molecular weight is 176 g/mol. The summed E-state index contributed by atoms with van der Waals surface area (Å²) in [5, 5.41) is 4.16. The van der Waals surface area contributed by atoms with Crippen LogP contribution in [-0.4, -0.2) is 18.7 Å². The Kier molecular flexibility index (Phi) is 2.00. The zero-order valence-corrected chi connectivity index (χ0v) is 8.08. The van der Waals surface area contributed by atoms with Crippen LogP contribution >= 0.6 is 0 Å². The summed E-state index contributed by atoms with van der Waals surface area (Å²) in [4.78, 5) is 0. The molecule has 0 amide bonds. The second kappa shape index (κ2) is 3.04. The first-order valence-electron chi connectivity index (χ1n) is 4.57. The third-order valence-corrected chi connectivity index (χ3v) is 2.28. The van der Waals surface area contributed by atoms with E-state index in [1.54, 1.807) is 0 Å². The van der Waals surface area contributed by atoms with Gasteiger partial charge in [-0.2, -0.15) is 0 Å².